The first-order chi connectivity index (χ1) is 11.4. The lowest BCUT2D eigenvalue weighted by molar-refractivity contribution is 0.282. The second-order valence-electron chi connectivity index (χ2n) is 6.69. The Hall–Kier alpha value is -1.97. The minimum absolute atomic E-state index is 0.0541. The first-order valence-corrected chi connectivity index (χ1v) is 8.33. The van der Waals surface area contributed by atoms with Crippen LogP contribution in [0.25, 0.3) is 16.7 Å². The van der Waals surface area contributed by atoms with E-state index in [1.54, 1.807) is 13.2 Å². The van der Waals surface area contributed by atoms with Gasteiger partial charge in [-0.1, -0.05) is 23.7 Å². The summed E-state index contributed by atoms with van der Waals surface area (Å²) < 4.78 is 5.49. The molecule has 1 aliphatic rings. The molecule has 0 fully saturated rings. The maximum Gasteiger partial charge on any atom is 0.126 e. The molecule has 0 atom stereocenters. The van der Waals surface area contributed by atoms with Gasteiger partial charge < -0.3 is 15.2 Å². The van der Waals surface area contributed by atoms with E-state index in [4.69, 9.17) is 16.3 Å². The molecular formula is C20H22ClNO2. The minimum Gasteiger partial charge on any atom is -0.496 e. The fourth-order valence-corrected chi connectivity index (χ4v) is 3.68. The van der Waals surface area contributed by atoms with Gasteiger partial charge in [0.1, 0.15) is 5.75 Å². The summed E-state index contributed by atoms with van der Waals surface area (Å²) in [7, 11) is 1.64. The average molecular weight is 344 g/mol. The molecule has 0 amide bonds. The van der Waals surface area contributed by atoms with E-state index in [1.165, 1.54) is 0 Å². The number of ether oxygens (including phenoxy) is 1. The molecule has 0 saturated heterocycles. The molecule has 0 aliphatic carbocycles. The van der Waals surface area contributed by atoms with Crippen molar-refractivity contribution in [2.24, 2.45) is 0 Å². The molecule has 0 unspecified atom stereocenters. The molecule has 0 radical (unpaired) electrons. The van der Waals surface area contributed by atoms with E-state index < -0.39 is 0 Å². The summed E-state index contributed by atoms with van der Waals surface area (Å²) in [6.07, 6.45) is 2.19. The predicted octanol–water partition coefficient (Wildman–Crippen LogP) is 5.12. The van der Waals surface area contributed by atoms with Crippen molar-refractivity contribution in [3.63, 3.8) is 0 Å². The van der Waals surface area contributed by atoms with Crippen molar-refractivity contribution in [1.82, 2.24) is 0 Å². The zero-order valence-electron chi connectivity index (χ0n) is 14.4. The van der Waals surface area contributed by atoms with Crippen molar-refractivity contribution in [1.29, 1.82) is 0 Å². The molecule has 24 heavy (non-hydrogen) atoms. The SMILES string of the molecule is COc1ccc(Cl)cc1-c1ccc2c(c1CO)C(C)=CC(C)(C)N2. The van der Waals surface area contributed by atoms with Crippen molar-refractivity contribution in [2.75, 3.05) is 12.4 Å². The molecule has 3 nitrogen and oxygen atoms in total. The van der Waals surface area contributed by atoms with Crippen LogP contribution in [0.2, 0.25) is 5.02 Å². The van der Waals surface area contributed by atoms with Gasteiger partial charge in [0, 0.05) is 21.8 Å². The molecule has 0 spiro atoms. The van der Waals surface area contributed by atoms with Crippen LogP contribution in [0, 0.1) is 0 Å². The fourth-order valence-electron chi connectivity index (χ4n) is 3.51. The van der Waals surface area contributed by atoms with E-state index in [0.29, 0.717) is 5.02 Å². The Morgan fingerprint density at radius 3 is 2.58 bits per heavy atom. The molecule has 2 N–H and O–H groups in total. The quantitative estimate of drug-likeness (QED) is 0.813. The van der Waals surface area contributed by atoms with E-state index in [2.05, 4.69) is 38.2 Å². The summed E-state index contributed by atoms with van der Waals surface area (Å²) in [5.74, 6) is 0.736. The Kier molecular flexibility index (Phi) is 4.33. The first-order valence-electron chi connectivity index (χ1n) is 7.95. The van der Waals surface area contributed by atoms with Gasteiger partial charge >= 0.3 is 0 Å². The summed E-state index contributed by atoms with van der Waals surface area (Å²) >= 11 is 6.19. The summed E-state index contributed by atoms with van der Waals surface area (Å²) in [5, 5.41) is 14.2. The van der Waals surface area contributed by atoms with Gasteiger partial charge in [-0.25, -0.2) is 0 Å². The first kappa shape index (κ1) is 16.9. The van der Waals surface area contributed by atoms with Crippen molar-refractivity contribution in [3.8, 4) is 16.9 Å². The van der Waals surface area contributed by atoms with Crippen molar-refractivity contribution in [3.05, 3.63) is 52.6 Å². The van der Waals surface area contributed by atoms with Gasteiger partial charge in [-0.05, 0) is 61.7 Å². The molecule has 0 aromatic heterocycles. The highest BCUT2D eigenvalue weighted by Gasteiger charge is 2.26. The van der Waals surface area contributed by atoms with E-state index >= 15 is 0 Å². The molecule has 2 aromatic rings. The van der Waals surface area contributed by atoms with E-state index in [0.717, 1.165) is 39.3 Å². The number of fused-ring (bicyclic) bond motifs is 1. The van der Waals surface area contributed by atoms with Crippen LogP contribution in [-0.4, -0.2) is 17.8 Å². The van der Waals surface area contributed by atoms with E-state index in [9.17, 15) is 5.11 Å². The largest absolute Gasteiger partial charge is 0.496 e. The molecular weight excluding hydrogens is 322 g/mol. The number of allylic oxidation sites excluding steroid dienone is 1. The number of nitrogens with one attached hydrogen (secondary N) is 1. The molecule has 2 aromatic carbocycles. The average Bonchev–Trinajstić information content (AvgIpc) is 2.52. The van der Waals surface area contributed by atoms with Crippen LogP contribution in [0.5, 0.6) is 5.75 Å². The summed E-state index contributed by atoms with van der Waals surface area (Å²) in [6.45, 7) is 6.29. The van der Waals surface area contributed by atoms with Gasteiger partial charge in [0.15, 0.2) is 0 Å². The monoisotopic (exact) mass is 343 g/mol. The third kappa shape index (κ3) is 2.90. The summed E-state index contributed by atoms with van der Waals surface area (Å²) in [4.78, 5) is 0. The molecule has 1 heterocycles. The second kappa shape index (κ2) is 6.15. The topological polar surface area (TPSA) is 41.5 Å². The van der Waals surface area contributed by atoms with Gasteiger partial charge in [-0.2, -0.15) is 0 Å². The van der Waals surface area contributed by atoms with E-state index in [-0.39, 0.29) is 12.1 Å². The third-order valence-electron chi connectivity index (χ3n) is 4.35. The van der Waals surface area contributed by atoms with Crippen LogP contribution in [0.1, 0.15) is 31.9 Å². The summed E-state index contributed by atoms with van der Waals surface area (Å²) in [6, 6.07) is 9.60. The number of benzene rings is 2. The van der Waals surface area contributed by atoms with Gasteiger partial charge in [0.2, 0.25) is 0 Å². The van der Waals surface area contributed by atoms with E-state index in [1.807, 2.05) is 18.2 Å². The maximum atomic E-state index is 10.1. The third-order valence-corrected chi connectivity index (χ3v) is 4.59. The van der Waals surface area contributed by atoms with Gasteiger partial charge in [-0.3, -0.25) is 0 Å². The van der Waals surface area contributed by atoms with Crippen molar-refractivity contribution < 1.29 is 9.84 Å². The van der Waals surface area contributed by atoms with Crippen LogP contribution in [0.4, 0.5) is 5.69 Å². The molecule has 0 bridgehead atoms. The van der Waals surface area contributed by atoms with Crippen LogP contribution >= 0.6 is 11.6 Å². The molecule has 1 aliphatic heterocycles. The Balaban J connectivity index is 2.26. The molecule has 3 rings (SSSR count). The Morgan fingerprint density at radius 1 is 1.17 bits per heavy atom. The number of aliphatic hydroxyl groups excluding tert-OH is 1. The lowest BCUT2D eigenvalue weighted by Crippen LogP contribution is -2.31. The molecule has 4 heteroatoms. The standard InChI is InChI=1S/C20H22ClNO2/c1-12-10-20(2,3)22-17-7-6-14(16(11-23)19(12)17)15-9-13(21)5-8-18(15)24-4/h5-10,22-23H,11H2,1-4H3. The Bertz CT molecular complexity index is 825. The van der Waals surface area contributed by atoms with Crippen molar-refractivity contribution >= 4 is 22.9 Å². The predicted molar refractivity (Wildman–Crippen MR) is 101 cm³/mol. The highest BCUT2D eigenvalue weighted by Crippen LogP contribution is 2.42. The highest BCUT2D eigenvalue weighted by atomic mass is 35.5. The number of hydrogen-bond donors (Lipinski definition) is 2. The van der Waals surface area contributed by atoms with Crippen molar-refractivity contribution in [2.45, 2.75) is 32.9 Å². The second-order valence-corrected chi connectivity index (χ2v) is 7.13. The van der Waals surface area contributed by atoms with Crippen LogP contribution in [0.15, 0.2) is 36.4 Å². The van der Waals surface area contributed by atoms with Crippen LogP contribution in [0.3, 0.4) is 0 Å². The zero-order chi connectivity index (χ0) is 17.5. The number of hydrogen-bond acceptors (Lipinski definition) is 3. The number of methoxy groups -OCH3 is 1. The molecule has 126 valence electrons. The normalized spacial score (nSPS) is 15.3. The van der Waals surface area contributed by atoms with Gasteiger partial charge in [0.05, 0.1) is 19.3 Å². The number of rotatable bonds is 3. The fraction of sp³-hybridized carbons (Fsp3) is 0.300. The number of halogens is 1. The summed E-state index contributed by atoms with van der Waals surface area (Å²) in [5.41, 5.74) is 5.83. The maximum absolute atomic E-state index is 10.1. The number of aliphatic hydroxyl groups is 1. The van der Waals surface area contributed by atoms with Gasteiger partial charge in [-0.15, -0.1) is 0 Å². The van der Waals surface area contributed by atoms with Crippen LogP contribution in [-0.2, 0) is 6.61 Å². The Labute approximate surface area is 147 Å². The number of anilines is 1. The Morgan fingerprint density at radius 2 is 1.92 bits per heavy atom. The van der Waals surface area contributed by atoms with Crippen LogP contribution < -0.4 is 10.1 Å². The minimum atomic E-state index is -0.112. The lowest BCUT2D eigenvalue weighted by atomic mass is 9.85. The molecule has 0 saturated carbocycles. The lowest BCUT2D eigenvalue weighted by Gasteiger charge is -2.33. The van der Waals surface area contributed by atoms with Gasteiger partial charge in [0.25, 0.3) is 0 Å². The zero-order valence-corrected chi connectivity index (χ0v) is 15.2. The smallest absolute Gasteiger partial charge is 0.126 e. The highest BCUT2D eigenvalue weighted by molar-refractivity contribution is 6.31.